The molecule has 4 atom stereocenters. The fourth-order valence-electron chi connectivity index (χ4n) is 7.74. The molecule has 6 rings (SSSR count). The average Bonchev–Trinajstić information content (AvgIpc) is 3.89. The molecule has 4 heterocycles. The van der Waals surface area contributed by atoms with Crippen LogP contribution in [-0.4, -0.2) is 98.2 Å². The maximum Gasteiger partial charge on any atom is 0.306 e. The number of rotatable bonds is 25. The van der Waals surface area contributed by atoms with Gasteiger partial charge in [0.05, 0.1) is 46.1 Å². The first-order chi connectivity index (χ1) is 31.6. The third-order valence-corrected chi connectivity index (χ3v) is 12.5. The number of nitrogens with zero attached hydrogens (tertiary/aromatic N) is 2. The standard InChI is InChI=1S/C47H55Br2N5O12/c1-26-29(22-63-46-38(48)16-28(6-3-9-34(55)18-42(59)60)44(53-46)65-24-32-12-14-40(57)51-32)7-4-10-36(26)37-11-5-8-30(27(37)2)23-64-47-39(49)17-31(20-50-21-35(56)19-43(61)62)45(54-47)66-25-33-13-15-41(58)52-33/h4-5,7-8,10-11,16-17,32-35,50,55-56H,3,6,9,12-15,18-25H2,1-2H3,(H,51,57)(H,52,58)(H,59,60)(H,61,62)/t32-,33-,34+,35-/m0/s1. The van der Waals surface area contributed by atoms with Gasteiger partial charge < -0.3 is 55.3 Å². The molecule has 2 saturated heterocycles. The minimum atomic E-state index is -1.10. The molecule has 0 bridgehead atoms. The van der Waals surface area contributed by atoms with E-state index in [1.54, 1.807) is 6.07 Å². The van der Waals surface area contributed by atoms with Gasteiger partial charge in [-0.3, -0.25) is 19.2 Å². The van der Waals surface area contributed by atoms with E-state index in [-0.39, 0.29) is 81.6 Å². The number of carboxylic acids is 2. The van der Waals surface area contributed by atoms with Gasteiger partial charge in [0.25, 0.3) is 0 Å². The number of ether oxygens (including phenoxy) is 4. The number of aliphatic carboxylic acids is 2. The van der Waals surface area contributed by atoms with Crippen LogP contribution >= 0.6 is 31.9 Å². The molecular formula is C47H55Br2N5O12. The van der Waals surface area contributed by atoms with Gasteiger partial charge in [-0.1, -0.05) is 36.4 Å². The summed E-state index contributed by atoms with van der Waals surface area (Å²) in [4.78, 5) is 55.1. The number of aliphatic hydroxyl groups excluding tert-OH is 2. The number of carboxylic acid groups (broad SMARTS) is 2. The van der Waals surface area contributed by atoms with Crippen LogP contribution in [0.3, 0.4) is 0 Å². The number of hydrogen-bond acceptors (Lipinski definition) is 13. The zero-order valence-corrected chi connectivity index (χ0v) is 39.9. The van der Waals surface area contributed by atoms with Gasteiger partial charge in [0, 0.05) is 37.1 Å². The van der Waals surface area contributed by atoms with Crippen molar-refractivity contribution in [3.63, 3.8) is 0 Å². The lowest BCUT2D eigenvalue weighted by Gasteiger charge is -2.19. The Hall–Kier alpha value is -5.34. The Morgan fingerprint density at radius 1 is 0.712 bits per heavy atom. The summed E-state index contributed by atoms with van der Waals surface area (Å²) >= 11 is 7.20. The van der Waals surface area contributed by atoms with Gasteiger partial charge in [0.2, 0.25) is 35.3 Å². The van der Waals surface area contributed by atoms with Gasteiger partial charge in [0.1, 0.15) is 26.4 Å². The summed E-state index contributed by atoms with van der Waals surface area (Å²) in [5.74, 6) is -1.01. The van der Waals surface area contributed by atoms with Gasteiger partial charge in [-0.05, 0) is 123 Å². The largest absolute Gasteiger partial charge is 0.481 e. The van der Waals surface area contributed by atoms with Crippen molar-refractivity contribution in [1.29, 1.82) is 0 Å². The number of pyridine rings is 2. The van der Waals surface area contributed by atoms with Crippen molar-refractivity contribution in [1.82, 2.24) is 25.9 Å². The molecular weight excluding hydrogens is 986 g/mol. The molecule has 0 spiro atoms. The third-order valence-electron chi connectivity index (χ3n) is 11.4. The van der Waals surface area contributed by atoms with Crippen molar-refractivity contribution in [2.24, 2.45) is 0 Å². The topological polar surface area (TPSA) is 248 Å². The molecule has 354 valence electrons. The Kier molecular flexibility index (Phi) is 18.1. The number of aromatic nitrogens is 2. The Balaban J connectivity index is 1.15. The van der Waals surface area contributed by atoms with Crippen molar-refractivity contribution in [2.75, 3.05) is 19.8 Å². The molecule has 0 radical (unpaired) electrons. The second-order valence-corrected chi connectivity index (χ2v) is 18.2. The number of carbonyl (C=O) groups is 4. The number of hydrogen-bond donors (Lipinski definition) is 7. The van der Waals surface area contributed by atoms with Crippen LogP contribution in [0, 0.1) is 13.8 Å². The lowest BCUT2D eigenvalue weighted by molar-refractivity contribution is -0.140. The number of nitrogens with one attached hydrogen (secondary N) is 3. The predicted molar refractivity (Wildman–Crippen MR) is 248 cm³/mol. The van der Waals surface area contributed by atoms with E-state index in [1.807, 2.05) is 44.2 Å². The fourth-order valence-corrected chi connectivity index (χ4v) is 8.70. The number of amides is 2. The molecule has 0 aliphatic carbocycles. The Labute approximate surface area is 399 Å². The molecule has 66 heavy (non-hydrogen) atoms. The molecule has 0 unspecified atom stereocenters. The molecule has 4 aromatic rings. The van der Waals surface area contributed by atoms with Crippen molar-refractivity contribution in [3.05, 3.63) is 90.9 Å². The number of carbonyl (C=O) groups excluding carboxylic acids is 2. The highest BCUT2D eigenvalue weighted by Crippen LogP contribution is 2.35. The first-order valence-corrected chi connectivity index (χ1v) is 23.4. The molecule has 19 heteroatoms. The molecule has 2 aliphatic heterocycles. The molecule has 2 aliphatic rings. The van der Waals surface area contributed by atoms with Crippen LogP contribution in [0.1, 0.15) is 84.7 Å². The van der Waals surface area contributed by atoms with Gasteiger partial charge in [-0.15, -0.1) is 0 Å². The molecule has 2 aromatic carbocycles. The van der Waals surface area contributed by atoms with Gasteiger partial charge in [0.15, 0.2) is 0 Å². The van der Waals surface area contributed by atoms with Gasteiger partial charge >= 0.3 is 11.9 Å². The van der Waals surface area contributed by atoms with E-state index in [9.17, 15) is 29.4 Å². The summed E-state index contributed by atoms with van der Waals surface area (Å²) in [6.07, 6.45) is 0.641. The molecule has 2 amide bonds. The summed E-state index contributed by atoms with van der Waals surface area (Å²) in [5.41, 5.74) is 7.26. The SMILES string of the molecule is Cc1c(COc2nc(OC[C@@H]3CCC(=O)N3)c(CCC[C@@H](O)CC(=O)O)cc2Br)cccc1-c1cccc(COc2nc(OC[C@@H]3CCC(=O)N3)c(CNC[C@@H](O)CC(=O)O)cc2Br)c1C. The van der Waals surface area contributed by atoms with E-state index in [0.29, 0.717) is 71.2 Å². The van der Waals surface area contributed by atoms with Crippen LogP contribution in [0.4, 0.5) is 0 Å². The van der Waals surface area contributed by atoms with Crippen molar-refractivity contribution in [3.8, 4) is 34.6 Å². The van der Waals surface area contributed by atoms with E-state index in [0.717, 1.165) is 38.9 Å². The molecule has 7 N–H and O–H groups in total. The highest BCUT2D eigenvalue weighted by molar-refractivity contribution is 9.10. The van der Waals surface area contributed by atoms with Crippen LogP contribution in [0.5, 0.6) is 23.5 Å². The van der Waals surface area contributed by atoms with Crippen LogP contribution in [0.15, 0.2) is 57.5 Å². The lowest BCUT2D eigenvalue weighted by Crippen LogP contribution is -2.31. The van der Waals surface area contributed by atoms with E-state index in [2.05, 4.69) is 59.9 Å². The summed E-state index contributed by atoms with van der Waals surface area (Å²) in [6.45, 7) is 5.13. The van der Waals surface area contributed by atoms with Crippen LogP contribution in [-0.2, 0) is 45.4 Å². The summed E-state index contributed by atoms with van der Waals surface area (Å²) < 4.78 is 26.1. The molecule has 2 fully saturated rings. The van der Waals surface area contributed by atoms with Crippen LogP contribution in [0.2, 0.25) is 0 Å². The monoisotopic (exact) mass is 1040 g/mol. The van der Waals surface area contributed by atoms with Crippen LogP contribution in [0.25, 0.3) is 11.1 Å². The van der Waals surface area contributed by atoms with Crippen molar-refractivity contribution < 1.29 is 58.6 Å². The zero-order chi connectivity index (χ0) is 47.3. The zero-order valence-electron chi connectivity index (χ0n) is 36.7. The van der Waals surface area contributed by atoms with Crippen molar-refractivity contribution >= 4 is 55.6 Å². The summed E-state index contributed by atoms with van der Waals surface area (Å²) in [5, 5.41) is 47.1. The Bertz CT molecular complexity index is 2220. The number of halogens is 2. The number of benzene rings is 2. The normalized spacial score (nSPS) is 16.6. The molecule has 2 aromatic heterocycles. The smallest absolute Gasteiger partial charge is 0.306 e. The maximum absolute atomic E-state index is 11.8. The Morgan fingerprint density at radius 2 is 1.20 bits per heavy atom. The second-order valence-electron chi connectivity index (χ2n) is 16.5. The van der Waals surface area contributed by atoms with E-state index in [4.69, 9.17) is 39.1 Å². The Morgan fingerprint density at radius 3 is 1.68 bits per heavy atom. The predicted octanol–water partition coefficient (Wildman–Crippen LogP) is 5.84. The highest BCUT2D eigenvalue weighted by atomic mass is 79.9. The highest BCUT2D eigenvalue weighted by Gasteiger charge is 2.25. The average molecular weight is 1040 g/mol. The van der Waals surface area contributed by atoms with E-state index >= 15 is 0 Å². The van der Waals surface area contributed by atoms with Gasteiger partial charge in [-0.25, -0.2) is 0 Å². The van der Waals surface area contributed by atoms with Gasteiger partial charge in [-0.2, -0.15) is 9.97 Å². The summed E-state index contributed by atoms with van der Waals surface area (Å²) in [6, 6.07) is 15.4. The summed E-state index contributed by atoms with van der Waals surface area (Å²) in [7, 11) is 0. The first kappa shape index (κ1) is 50.1. The quantitative estimate of drug-likeness (QED) is 0.0412. The second kappa shape index (κ2) is 23.9. The minimum absolute atomic E-state index is 0.0275. The first-order valence-electron chi connectivity index (χ1n) is 21.8. The van der Waals surface area contributed by atoms with E-state index in [1.165, 1.54) is 0 Å². The number of aryl methyl sites for hydroxylation is 1. The lowest BCUT2D eigenvalue weighted by atomic mass is 9.92. The van der Waals surface area contributed by atoms with Crippen molar-refractivity contribution in [2.45, 2.75) is 116 Å². The molecule has 17 nitrogen and oxygen atoms in total. The number of aliphatic hydroxyl groups is 2. The van der Waals surface area contributed by atoms with E-state index < -0.39 is 30.6 Å². The fraction of sp³-hybridized carbons (Fsp3) is 0.447. The maximum atomic E-state index is 11.8. The van der Waals surface area contributed by atoms with Crippen LogP contribution < -0.4 is 34.9 Å². The molecule has 0 saturated carbocycles. The minimum Gasteiger partial charge on any atom is -0.481 e. The third kappa shape index (κ3) is 14.3.